The molecule has 0 atom stereocenters. The zero-order valence-corrected chi connectivity index (χ0v) is 16.9. The van der Waals surface area contributed by atoms with Crippen molar-refractivity contribution in [1.29, 1.82) is 0 Å². The lowest BCUT2D eigenvalue weighted by Crippen LogP contribution is -2.47. The number of hydrogen-bond acceptors (Lipinski definition) is 7. The van der Waals surface area contributed by atoms with Gasteiger partial charge in [-0.25, -0.2) is 0 Å². The van der Waals surface area contributed by atoms with Gasteiger partial charge in [-0.2, -0.15) is 9.97 Å². The van der Waals surface area contributed by atoms with Crippen LogP contribution in [0.15, 0.2) is 29.4 Å². The lowest BCUT2D eigenvalue weighted by Gasteiger charge is -2.35. The quantitative estimate of drug-likeness (QED) is 0.757. The largest absolute Gasteiger partial charge is 0.481 e. The molecule has 152 valence electrons. The van der Waals surface area contributed by atoms with Crippen LogP contribution in [0.5, 0.6) is 11.8 Å². The fourth-order valence-electron chi connectivity index (χ4n) is 3.38. The summed E-state index contributed by atoms with van der Waals surface area (Å²) in [5.41, 5.74) is 2.73. The van der Waals surface area contributed by atoms with Crippen LogP contribution < -0.4 is 19.7 Å². The molecule has 2 aliphatic rings. The fourth-order valence-corrected chi connectivity index (χ4v) is 3.38. The molecule has 1 amide bonds. The van der Waals surface area contributed by atoms with E-state index in [1.807, 2.05) is 0 Å². The van der Waals surface area contributed by atoms with Crippen LogP contribution in [-0.2, 0) is 4.79 Å². The number of nitrogens with zero attached hydrogens (tertiary/aromatic N) is 4. The Morgan fingerprint density at radius 3 is 2.18 bits per heavy atom. The lowest BCUT2D eigenvalue weighted by atomic mass is 9.97. The van der Waals surface area contributed by atoms with Gasteiger partial charge in [0.2, 0.25) is 23.6 Å². The number of amides is 1. The van der Waals surface area contributed by atoms with Crippen molar-refractivity contribution in [3.8, 4) is 11.8 Å². The van der Waals surface area contributed by atoms with Gasteiger partial charge in [0.05, 0.1) is 20.3 Å². The van der Waals surface area contributed by atoms with Crippen LogP contribution in [0, 0.1) is 0 Å². The average Bonchev–Trinajstić information content (AvgIpc) is 2.73. The van der Waals surface area contributed by atoms with Crippen LogP contribution in [0.25, 0.3) is 0 Å². The molecule has 1 aromatic rings. The van der Waals surface area contributed by atoms with Crippen molar-refractivity contribution < 1.29 is 14.3 Å². The summed E-state index contributed by atoms with van der Waals surface area (Å²) in [5, 5.41) is 2.87. The Hall–Kier alpha value is -2.61. The molecule has 1 saturated heterocycles. The molecular weight excluding hydrogens is 358 g/mol. The molecule has 1 aromatic heterocycles. The molecule has 0 bridgehead atoms. The van der Waals surface area contributed by atoms with E-state index in [9.17, 15) is 4.79 Å². The minimum absolute atomic E-state index is 0.0196. The summed E-state index contributed by atoms with van der Waals surface area (Å²) in [6, 6.07) is 1.68. The number of carbonyl (C=O) groups is 1. The maximum atomic E-state index is 11.0. The molecular formula is C20H29N5O3. The Kier molecular flexibility index (Phi) is 6.86. The van der Waals surface area contributed by atoms with Crippen LogP contribution in [0.1, 0.15) is 19.8 Å². The van der Waals surface area contributed by atoms with E-state index in [4.69, 9.17) is 9.47 Å². The number of hydrogen-bond donors (Lipinski definition) is 1. The number of nitrogens with one attached hydrogen (secondary N) is 1. The van der Waals surface area contributed by atoms with Crippen molar-refractivity contribution in [2.45, 2.75) is 19.8 Å². The second kappa shape index (κ2) is 9.54. The minimum atomic E-state index is 0.0196. The van der Waals surface area contributed by atoms with E-state index in [2.05, 4.69) is 37.2 Å². The van der Waals surface area contributed by atoms with E-state index in [0.29, 0.717) is 24.3 Å². The highest BCUT2D eigenvalue weighted by atomic mass is 16.5. The van der Waals surface area contributed by atoms with Gasteiger partial charge in [-0.3, -0.25) is 9.69 Å². The average molecular weight is 387 g/mol. The molecule has 0 aromatic carbocycles. The van der Waals surface area contributed by atoms with Crippen molar-refractivity contribution in [3.63, 3.8) is 0 Å². The molecule has 0 radical (unpaired) electrons. The first-order chi connectivity index (χ1) is 13.6. The molecule has 1 aliphatic carbocycles. The SMILES string of the molecule is COc1cc(OC)nc(N2CCN(CC3=CC=C(CNC(C)=O)CC3)CC2)n1. The zero-order valence-electron chi connectivity index (χ0n) is 16.9. The van der Waals surface area contributed by atoms with Gasteiger partial charge in [-0.15, -0.1) is 0 Å². The van der Waals surface area contributed by atoms with Gasteiger partial charge in [0, 0.05) is 46.2 Å². The van der Waals surface area contributed by atoms with Gasteiger partial charge < -0.3 is 19.7 Å². The molecule has 2 heterocycles. The summed E-state index contributed by atoms with van der Waals surface area (Å²) >= 11 is 0. The molecule has 8 heteroatoms. The summed E-state index contributed by atoms with van der Waals surface area (Å²) in [6.45, 7) is 6.85. The smallest absolute Gasteiger partial charge is 0.232 e. The van der Waals surface area contributed by atoms with Gasteiger partial charge in [0.1, 0.15) is 0 Å². The number of carbonyl (C=O) groups excluding carboxylic acids is 1. The molecule has 1 aliphatic heterocycles. The van der Waals surface area contributed by atoms with Crippen molar-refractivity contribution >= 4 is 11.9 Å². The topological polar surface area (TPSA) is 79.8 Å². The number of anilines is 1. The van der Waals surface area contributed by atoms with Gasteiger partial charge in [0.25, 0.3) is 0 Å². The number of rotatable bonds is 7. The Morgan fingerprint density at radius 1 is 1.04 bits per heavy atom. The Morgan fingerprint density at radius 2 is 1.64 bits per heavy atom. The van der Waals surface area contributed by atoms with Crippen LogP contribution in [-0.4, -0.2) is 74.3 Å². The van der Waals surface area contributed by atoms with Gasteiger partial charge in [-0.1, -0.05) is 23.3 Å². The second-order valence-electron chi connectivity index (χ2n) is 7.08. The van der Waals surface area contributed by atoms with Gasteiger partial charge in [-0.05, 0) is 12.8 Å². The number of piperazine rings is 1. The predicted octanol–water partition coefficient (Wildman–Crippen LogP) is 1.40. The third-order valence-corrected chi connectivity index (χ3v) is 5.05. The molecule has 8 nitrogen and oxygen atoms in total. The molecule has 28 heavy (non-hydrogen) atoms. The number of ether oxygens (including phenoxy) is 2. The van der Waals surface area contributed by atoms with E-state index in [0.717, 1.165) is 45.6 Å². The fraction of sp³-hybridized carbons (Fsp3) is 0.550. The highest BCUT2D eigenvalue weighted by molar-refractivity contribution is 5.73. The van der Waals surface area contributed by atoms with E-state index >= 15 is 0 Å². The highest BCUT2D eigenvalue weighted by Gasteiger charge is 2.21. The van der Waals surface area contributed by atoms with E-state index in [1.54, 1.807) is 27.2 Å². The molecule has 0 unspecified atom stereocenters. The third kappa shape index (κ3) is 5.45. The van der Waals surface area contributed by atoms with Crippen molar-refractivity contribution in [1.82, 2.24) is 20.2 Å². The maximum Gasteiger partial charge on any atom is 0.232 e. The summed E-state index contributed by atoms with van der Waals surface area (Å²) in [5.74, 6) is 1.70. The summed E-state index contributed by atoms with van der Waals surface area (Å²) in [4.78, 5) is 24.6. The zero-order chi connectivity index (χ0) is 19.9. The van der Waals surface area contributed by atoms with Crippen molar-refractivity contribution in [3.05, 3.63) is 29.4 Å². The van der Waals surface area contributed by atoms with Crippen LogP contribution in [0.3, 0.4) is 0 Å². The van der Waals surface area contributed by atoms with Crippen LogP contribution in [0.4, 0.5) is 5.95 Å². The Balaban J connectivity index is 1.51. The van der Waals surface area contributed by atoms with E-state index in [1.165, 1.54) is 11.1 Å². The lowest BCUT2D eigenvalue weighted by molar-refractivity contribution is -0.118. The molecule has 0 saturated carbocycles. The van der Waals surface area contributed by atoms with Crippen molar-refractivity contribution in [2.75, 3.05) is 58.4 Å². The molecule has 3 rings (SSSR count). The van der Waals surface area contributed by atoms with Crippen LogP contribution in [0.2, 0.25) is 0 Å². The van der Waals surface area contributed by atoms with Gasteiger partial charge >= 0.3 is 0 Å². The standard InChI is InChI=1S/C20H29N5O3/c1-15(26)21-13-16-4-6-17(7-5-16)14-24-8-10-25(11-9-24)20-22-18(27-2)12-19(23-20)28-3/h4,6,12H,5,7-11,13-14H2,1-3H3,(H,21,26). The third-order valence-electron chi connectivity index (χ3n) is 5.05. The normalized spacial score (nSPS) is 17.6. The van der Waals surface area contributed by atoms with Crippen molar-refractivity contribution in [2.24, 2.45) is 0 Å². The number of aromatic nitrogens is 2. The molecule has 1 N–H and O–H groups in total. The summed E-state index contributed by atoms with van der Waals surface area (Å²) in [6.07, 6.45) is 6.44. The van der Waals surface area contributed by atoms with E-state index in [-0.39, 0.29) is 5.91 Å². The monoisotopic (exact) mass is 387 g/mol. The van der Waals surface area contributed by atoms with E-state index < -0.39 is 0 Å². The van der Waals surface area contributed by atoms with Crippen LogP contribution >= 0.6 is 0 Å². The minimum Gasteiger partial charge on any atom is -0.481 e. The predicted molar refractivity (Wildman–Crippen MR) is 108 cm³/mol. The summed E-state index contributed by atoms with van der Waals surface area (Å²) in [7, 11) is 3.19. The first-order valence-corrected chi connectivity index (χ1v) is 9.63. The molecule has 0 spiro atoms. The Bertz CT molecular complexity index is 732. The number of allylic oxidation sites excluding steroid dienone is 2. The Labute approximate surface area is 166 Å². The first kappa shape index (κ1) is 20.1. The molecule has 1 fully saturated rings. The summed E-state index contributed by atoms with van der Waals surface area (Å²) < 4.78 is 10.5. The number of methoxy groups -OCH3 is 2. The maximum absolute atomic E-state index is 11.0. The van der Waals surface area contributed by atoms with Gasteiger partial charge in [0.15, 0.2) is 0 Å². The second-order valence-corrected chi connectivity index (χ2v) is 7.08. The highest BCUT2D eigenvalue weighted by Crippen LogP contribution is 2.22. The first-order valence-electron chi connectivity index (χ1n) is 9.63.